The summed E-state index contributed by atoms with van der Waals surface area (Å²) in [6, 6.07) is 6.72. The van der Waals surface area contributed by atoms with Gasteiger partial charge in [0.2, 0.25) is 0 Å². The van der Waals surface area contributed by atoms with Crippen LogP contribution in [0.25, 0.3) is 10.9 Å². The van der Waals surface area contributed by atoms with E-state index in [1.165, 1.54) is 0 Å². The summed E-state index contributed by atoms with van der Waals surface area (Å²) in [5.41, 5.74) is 0.698. The number of aromatic hydroxyl groups is 1. The molecule has 15 heavy (non-hydrogen) atoms. The van der Waals surface area contributed by atoms with Crippen LogP contribution >= 0.6 is 15.9 Å². The zero-order chi connectivity index (χ0) is 11.0. The third-order valence-electron chi connectivity index (χ3n) is 2.17. The Hall–Kier alpha value is -1.49. The minimum Gasteiger partial charge on any atom is -0.507 e. The highest BCUT2D eigenvalue weighted by Gasteiger charge is 2.11. The van der Waals surface area contributed by atoms with E-state index in [4.69, 9.17) is 5.11 Å². The fourth-order valence-corrected chi connectivity index (χ4v) is 2.08. The molecule has 0 radical (unpaired) electrons. The maximum atomic E-state index is 10.6. The van der Waals surface area contributed by atoms with Crippen LogP contribution in [0, 0.1) is 0 Å². The van der Waals surface area contributed by atoms with Crippen LogP contribution in [0.4, 0.5) is 0 Å². The molecule has 4 nitrogen and oxygen atoms in total. The van der Waals surface area contributed by atoms with E-state index in [0.29, 0.717) is 15.5 Å². The summed E-state index contributed by atoms with van der Waals surface area (Å²) in [4.78, 5) is 10.6. The molecule has 0 saturated carbocycles. The van der Waals surface area contributed by atoms with Gasteiger partial charge in [-0.25, -0.2) is 0 Å². The Morgan fingerprint density at radius 1 is 1.47 bits per heavy atom. The van der Waals surface area contributed by atoms with Gasteiger partial charge < -0.3 is 14.8 Å². The molecule has 0 aliphatic heterocycles. The smallest absolute Gasteiger partial charge is 0.323 e. The van der Waals surface area contributed by atoms with Gasteiger partial charge in [0, 0.05) is 5.39 Å². The highest BCUT2D eigenvalue weighted by molar-refractivity contribution is 9.10. The lowest BCUT2D eigenvalue weighted by molar-refractivity contribution is -0.137. The minimum absolute atomic E-state index is 0.131. The van der Waals surface area contributed by atoms with Gasteiger partial charge in [-0.2, -0.15) is 0 Å². The molecule has 2 rings (SSSR count). The van der Waals surface area contributed by atoms with Crippen LogP contribution in [0.15, 0.2) is 28.9 Å². The SMILES string of the molecule is O=C(O)Cn1c(Br)cc2c(O)cccc21. The van der Waals surface area contributed by atoms with Gasteiger partial charge >= 0.3 is 5.97 Å². The molecule has 0 aliphatic rings. The molecular weight excluding hydrogens is 262 g/mol. The zero-order valence-electron chi connectivity index (χ0n) is 7.64. The number of nitrogens with zero attached hydrogens (tertiary/aromatic N) is 1. The molecule has 0 unspecified atom stereocenters. The summed E-state index contributed by atoms with van der Waals surface area (Å²) in [7, 11) is 0. The standard InChI is InChI=1S/C10H8BrNO3/c11-9-4-6-7(2-1-3-8(6)13)12(9)5-10(14)15/h1-4,13H,5H2,(H,14,15). The van der Waals surface area contributed by atoms with E-state index in [1.54, 1.807) is 28.8 Å². The maximum absolute atomic E-state index is 10.6. The lowest BCUT2D eigenvalue weighted by atomic mass is 10.2. The number of hydrogen-bond acceptors (Lipinski definition) is 2. The molecule has 0 saturated heterocycles. The van der Waals surface area contributed by atoms with Gasteiger partial charge in [0.05, 0.1) is 10.1 Å². The van der Waals surface area contributed by atoms with E-state index in [1.807, 2.05) is 0 Å². The summed E-state index contributed by atoms with van der Waals surface area (Å²) in [6.45, 7) is -0.131. The van der Waals surface area contributed by atoms with E-state index in [-0.39, 0.29) is 12.3 Å². The largest absolute Gasteiger partial charge is 0.507 e. The number of carbonyl (C=O) groups is 1. The first kappa shape index (κ1) is 10.0. The van der Waals surface area contributed by atoms with Crippen LogP contribution in [0.2, 0.25) is 0 Å². The molecule has 0 atom stereocenters. The predicted octanol–water partition coefficient (Wildman–Crippen LogP) is 2.19. The molecule has 0 aliphatic carbocycles. The highest BCUT2D eigenvalue weighted by atomic mass is 79.9. The molecule has 78 valence electrons. The van der Waals surface area contributed by atoms with Gasteiger partial charge in [-0.1, -0.05) is 6.07 Å². The Labute approximate surface area is 93.9 Å². The van der Waals surface area contributed by atoms with Gasteiger partial charge in [-0.05, 0) is 34.1 Å². The van der Waals surface area contributed by atoms with Gasteiger partial charge in [0.25, 0.3) is 0 Å². The van der Waals surface area contributed by atoms with Crippen molar-refractivity contribution >= 4 is 32.8 Å². The Morgan fingerprint density at radius 3 is 2.87 bits per heavy atom. The van der Waals surface area contributed by atoms with Crippen molar-refractivity contribution in [3.8, 4) is 5.75 Å². The van der Waals surface area contributed by atoms with Crippen molar-refractivity contribution in [3.63, 3.8) is 0 Å². The van der Waals surface area contributed by atoms with Gasteiger partial charge in [-0.3, -0.25) is 4.79 Å². The van der Waals surface area contributed by atoms with Crippen LogP contribution in [0.5, 0.6) is 5.75 Å². The minimum atomic E-state index is -0.920. The summed E-state index contributed by atoms with van der Waals surface area (Å²) < 4.78 is 2.22. The first-order valence-electron chi connectivity index (χ1n) is 4.28. The van der Waals surface area contributed by atoms with Gasteiger partial charge in [0.1, 0.15) is 12.3 Å². The van der Waals surface area contributed by atoms with Crippen molar-refractivity contribution < 1.29 is 15.0 Å². The molecule has 1 heterocycles. The van der Waals surface area contributed by atoms with E-state index in [9.17, 15) is 9.90 Å². The number of carboxylic acid groups (broad SMARTS) is 1. The third-order valence-corrected chi connectivity index (χ3v) is 2.82. The molecule has 0 amide bonds. The number of fused-ring (bicyclic) bond motifs is 1. The fourth-order valence-electron chi connectivity index (χ4n) is 1.53. The number of carboxylic acids is 1. The molecule has 0 spiro atoms. The number of rotatable bonds is 2. The van der Waals surface area contributed by atoms with Crippen molar-refractivity contribution in [1.82, 2.24) is 4.57 Å². The topological polar surface area (TPSA) is 62.5 Å². The Balaban J connectivity index is 2.68. The number of hydrogen-bond donors (Lipinski definition) is 2. The summed E-state index contributed by atoms with van der Waals surface area (Å²) in [6.07, 6.45) is 0. The molecular formula is C10H8BrNO3. The van der Waals surface area contributed by atoms with Crippen molar-refractivity contribution in [3.05, 3.63) is 28.9 Å². The van der Waals surface area contributed by atoms with Crippen molar-refractivity contribution in [2.24, 2.45) is 0 Å². The van der Waals surface area contributed by atoms with Crippen molar-refractivity contribution in [2.75, 3.05) is 0 Å². The average molecular weight is 270 g/mol. The molecule has 0 fully saturated rings. The Kier molecular flexibility index (Phi) is 2.40. The van der Waals surface area contributed by atoms with E-state index in [2.05, 4.69) is 15.9 Å². The number of phenols is 1. The molecule has 2 aromatic rings. The molecule has 5 heteroatoms. The highest BCUT2D eigenvalue weighted by Crippen LogP contribution is 2.30. The average Bonchev–Trinajstić information content (AvgIpc) is 2.45. The maximum Gasteiger partial charge on any atom is 0.323 e. The molecule has 1 aromatic heterocycles. The Morgan fingerprint density at radius 2 is 2.20 bits per heavy atom. The van der Waals surface area contributed by atoms with E-state index >= 15 is 0 Å². The predicted molar refractivity (Wildman–Crippen MR) is 58.9 cm³/mol. The summed E-state index contributed by atoms with van der Waals surface area (Å²) >= 11 is 3.26. The Bertz CT molecular complexity index is 533. The molecule has 2 N–H and O–H groups in total. The first-order chi connectivity index (χ1) is 7.09. The van der Waals surface area contributed by atoms with Crippen molar-refractivity contribution in [2.45, 2.75) is 6.54 Å². The van der Waals surface area contributed by atoms with Gasteiger partial charge in [0.15, 0.2) is 0 Å². The summed E-state index contributed by atoms with van der Waals surface area (Å²) in [5.74, 6) is -0.770. The monoisotopic (exact) mass is 269 g/mol. The molecule has 0 bridgehead atoms. The van der Waals surface area contributed by atoms with Crippen LogP contribution in [-0.2, 0) is 11.3 Å². The lowest BCUT2D eigenvalue weighted by Gasteiger charge is -2.03. The van der Waals surface area contributed by atoms with Crippen LogP contribution < -0.4 is 0 Å². The lowest BCUT2D eigenvalue weighted by Crippen LogP contribution is -2.08. The number of aromatic nitrogens is 1. The second kappa shape index (κ2) is 3.58. The molecule has 1 aromatic carbocycles. The number of halogens is 1. The van der Waals surface area contributed by atoms with E-state index < -0.39 is 5.97 Å². The first-order valence-corrected chi connectivity index (χ1v) is 5.07. The number of aliphatic carboxylic acids is 1. The van der Waals surface area contributed by atoms with Crippen LogP contribution in [0.1, 0.15) is 0 Å². The zero-order valence-corrected chi connectivity index (χ0v) is 9.23. The van der Waals surface area contributed by atoms with Gasteiger partial charge in [-0.15, -0.1) is 0 Å². The van der Waals surface area contributed by atoms with Crippen LogP contribution in [-0.4, -0.2) is 20.7 Å². The fraction of sp³-hybridized carbons (Fsp3) is 0.100. The second-order valence-corrected chi connectivity index (χ2v) is 3.97. The number of benzene rings is 1. The van der Waals surface area contributed by atoms with Crippen LogP contribution in [0.3, 0.4) is 0 Å². The summed E-state index contributed by atoms with van der Waals surface area (Å²) in [5, 5.41) is 18.9. The second-order valence-electron chi connectivity index (χ2n) is 3.16. The van der Waals surface area contributed by atoms with Crippen molar-refractivity contribution in [1.29, 1.82) is 0 Å². The normalized spacial score (nSPS) is 10.7. The number of phenolic OH excluding ortho intramolecular Hbond substituents is 1. The third kappa shape index (κ3) is 1.70. The quantitative estimate of drug-likeness (QED) is 0.879. The van der Waals surface area contributed by atoms with E-state index in [0.717, 1.165) is 0 Å².